The molecule has 0 saturated heterocycles. The van der Waals surface area contributed by atoms with Gasteiger partial charge in [0.1, 0.15) is 5.52 Å². The van der Waals surface area contributed by atoms with Crippen LogP contribution in [0.1, 0.15) is 19.8 Å². The van der Waals surface area contributed by atoms with Crippen LogP contribution < -0.4 is 0 Å². The third-order valence-corrected chi connectivity index (χ3v) is 2.49. The first kappa shape index (κ1) is 11.6. The summed E-state index contributed by atoms with van der Waals surface area (Å²) in [5.41, 5.74) is 1.95. The van der Waals surface area contributed by atoms with Crippen molar-refractivity contribution in [2.45, 2.75) is 26.3 Å². The highest BCUT2D eigenvalue weighted by molar-refractivity contribution is 5.73. The molecule has 5 nitrogen and oxygen atoms in total. The number of carbonyl (C=O) groups is 1. The standard InChI is InChI=1S/C12H15N3O2/c1-10(16)17-9-5-4-8-15-12-7-3-2-6-11(12)13-14-15/h2-3,6-7H,4-5,8-9H2,1H3. The number of hydrogen-bond donors (Lipinski definition) is 0. The van der Waals surface area contributed by atoms with Gasteiger partial charge in [-0.2, -0.15) is 0 Å². The Kier molecular flexibility index (Phi) is 3.69. The number of fused-ring (bicyclic) bond motifs is 1. The Labute approximate surface area is 99.4 Å². The Balaban J connectivity index is 1.85. The molecule has 5 heteroatoms. The predicted octanol–water partition coefficient (Wildman–Crippen LogP) is 1.77. The molecule has 0 bridgehead atoms. The minimum Gasteiger partial charge on any atom is -0.466 e. The van der Waals surface area contributed by atoms with Crippen LogP contribution in [-0.4, -0.2) is 27.6 Å². The van der Waals surface area contributed by atoms with Gasteiger partial charge < -0.3 is 4.74 Å². The van der Waals surface area contributed by atoms with Gasteiger partial charge in [-0.1, -0.05) is 17.3 Å². The van der Waals surface area contributed by atoms with Crippen LogP contribution in [0.4, 0.5) is 0 Å². The maximum absolute atomic E-state index is 10.6. The lowest BCUT2D eigenvalue weighted by atomic mass is 10.3. The molecule has 0 radical (unpaired) electrons. The van der Waals surface area contributed by atoms with Crippen molar-refractivity contribution in [2.24, 2.45) is 0 Å². The van der Waals surface area contributed by atoms with Crippen LogP contribution >= 0.6 is 0 Å². The van der Waals surface area contributed by atoms with Crippen LogP contribution in [0.15, 0.2) is 24.3 Å². The monoisotopic (exact) mass is 233 g/mol. The van der Waals surface area contributed by atoms with Gasteiger partial charge in [-0.25, -0.2) is 4.68 Å². The highest BCUT2D eigenvalue weighted by Crippen LogP contribution is 2.10. The second-order valence-electron chi connectivity index (χ2n) is 3.85. The van der Waals surface area contributed by atoms with Crippen molar-refractivity contribution in [1.29, 1.82) is 0 Å². The average molecular weight is 233 g/mol. The lowest BCUT2D eigenvalue weighted by Gasteiger charge is -2.03. The van der Waals surface area contributed by atoms with Crippen molar-refractivity contribution in [1.82, 2.24) is 15.0 Å². The van der Waals surface area contributed by atoms with Crippen molar-refractivity contribution < 1.29 is 9.53 Å². The smallest absolute Gasteiger partial charge is 0.302 e. The Bertz CT molecular complexity index is 507. The number of ether oxygens (including phenoxy) is 1. The summed E-state index contributed by atoms with van der Waals surface area (Å²) in [6.07, 6.45) is 1.76. The normalized spacial score (nSPS) is 10.6. The van der Waals surface area contributed by atoms with E-state index < -0.39 is 0 Å². The van der Waals surface area contributed by atoms with Crippen LogP contribution in [0.3, 0.4) is 0 Å². The quantitative estimate of drug-likeness (QED) is 0.583. The zero-order valence-corrected chi connectivity index (χ0v) is 9.80. The number of carbonyl (C=O) groups excluding carboxylic acids is 1. The van der Waals surface area contributed by atoms with Gasteiger partial charge in [-0.3, -0.25) is 4.79 Å². The molecule has 0 saturated carbocycles. The van der Waals surface area contributed by atoms with Gasteiger partial charge in [-0.05, 0) is 25.0 Å². The Morgan fingerprint density at radius 2 is 2.18 bits per heavy atom. The maximum atomic E-state index is 10.6. The van der Waals surface area contributed by atoms with Crippen LogP contribution in [-0.2, 0) is 16.1 Å². The molecule has 1 aromatic carbocycles. The number of aromatic nitrogens is 3. The molecule has 1 heterocycles. The molecule has 0 atom stereocenters. The number of unbranched alkanes of at least 4 members (excludes halogenated alkanes) is 1. The highest BCUT2D eigenvalue weighted by Gasteiger charge is 2.02. The number of para-hydroxylation sites is 1. The van der Waals surface area contributed by atoms with E-state index in [-0.39, 0.29) is 5.97 Å². The summed E-state index contributed by atoms with van der Waals surface area (Å²) in [5, 5.41) is 8.16. The summed E-state index contributed by atoms with van der Waals surface area (Å²) in [6.45, 7) is 2.69. The van der Waals surface area contributed by atoms with Crippen molar-refractivity contribution in [3.05, 3.63) is 24.3 Å². The SMILES string of the molecule is CC(=O)OCCCCn1nnc2ccccc21. The molecular formula is C12H15N3O2. The number of benzene rings is 1. The number of rotatable bonds is 5. The van der Waals surface area contributed by atoms with Crippen LogP contribution in [0.25, 0.3) is 11.0 Å². The molecule has 0 amide bonds. The van der Waals surface area contributed by atoms with E-state index in [0.717, 1.165) is 30.4 Å². The second-order valence-corrected chi connectivity index (χ2v) is 3.85. The van der Waals surface area contributed by atoms with Crippen molar-refractivity contribution in [2.75, 3.05) is 6.61 Å². The molecule has 0 aliphatic heterocycles. The summed E-state index contributed by atoms with van der Waals surface area (Å²) < 4.78 is 6.74. The van der Waals surface area contributed by atoms with E-state index in [1.54, 1.807) is 0 Å². The van der Waals surface area contributed by atoms with E-state index in [0.29, 0.717) is 6.61 Å². The highest BCUT2D eigenvalue weighted by atomic mass is 16.5. The fourth-order valence-electron chi connectivity index (χ4n) is 1.66. The van der Waals surface area contributed by atoms with E-state index in [9.17, 15) is 4.79 Å². The molecule has 0 spiro atoms. The summed E-state index contributed by atoms with van der Waals surface area (Å²) in [5.74, 6) is -0.226. The van der Waals surface area contributed by atoms with E-state index >= 15 is 0 Å². The fourth-order valence-corrected chi connectivity index (χ4v) is 1.66. The maximum Gasteiger partial charge on any atom is 0.302 e. The second kappa shape index (κ2) is 5.43. The van der Waals surface area contributed by atoms with E-state index in [1.807, 2.05) is 28.9 Å². The molecule has 0 aliphatic carbocycles. The summed E-state index contributed by atoms with van der Waals surface area (Å²) in [4.78, 5) is 10.6. The first-order valence-electron chi connectivity index (χ1n) is 5.69. The zero-order chi connectivity index (χ0) is 12.1. The lowest BCUT2D eigenvalue weighted by Crippen LogP contribution is -2.04. The number of aryl methyl sites for hydroxylation is 1. The molecule has 2 aromatic rings. The molecule has 17 heavy (non-hydrogen) atoms. The number of esters is 1. The van der Waals surface area contributed by atoms with Gasteiger partial charge in [0.05, 0.1) is 12.1 Å². The minimum absolute atomic E-state index is 0.226. The van der Waals surface area contributed by atoms with E-state index in [4.69, 9.17) is 4.74 Å². The van der Waals surface area contributed by atoms with E-state index in [1.165, 1.54) is 6.92 Å². The third-order valence-electron chi connectivity index (χ3n) is 2.49. The molecule has 2 rings (SSSR count). The van der Waals surface area contributed by atoms with Gasteiger partial charge in [0.15, 0.2) is 0 Å². The first-order valence-corrected chi connectivity index (χ1v) is 5.69. The average Bonchev–Trinajstić information content (AvgIpc) is 2.72. The van der Waals surface area contributed by atoms with Crippen LogP contribution in [0, 0.1) is 0 Å². The van der Waals surface area contributed by atoms with Crippen molar-refractivity contribution >= 4 is 17.0 Å². The summed E-state index contributed by atoms with van der Waals surface area (Å²) in [7, 11) is 0. The number of nitrogens with zero attached hydrogens (tertiary/aromatic N) is 3. The van der Waals surface area contributed by atoms with Crippen molar-refractivity contribution in [3.63, 3.8) is 0 Å². The first-order chi connectivity index (χ1) is 8.27. The molecular weight excluding hydrogens is 218 g/mol. The van der Waals surface area contributed by atoms with Crippen LogP contribution in [0.2, 0.25) is 0 Å². The Morgan fingerprint density at radius 3 is 3.00 bits per heavy atom. The molecule has 0 aliphatic rings. The molecule has 0 fully saturated rings. The zero-order valence-electron chi connectivity index (χ0n) is 9.80. The van der Waals surface area contributed by atoms with Crippen molar-refractivity contribution in [3.8, 4) is 0 Å². The Hall–Kier alpha value is -1.91. The van der Waals surface area contributed by atoms with Gasteiger partial charge in [0, 0.05) is 13.5 Å². The van der Waals surface area contributed by atoms with Gasteiger partial charge in [-0.15, -0.1) is 5.10 Å². The topological polar surface area (TPSA) is 57.0 Å². The fraction of sp³-hybridized carbons (Fsp3) is 0.417. The van der Waals surface area contributed by atoms with Gasteiger partial charge in [0.2, 0.25) is 0 Å². The van der Waals surface area contributed by atoms with Gasteiger partial charge >= 0.3 is 5.97 Å². The third kappa shape index (κ3) is 3.03. The van der Waals surface area contributed by atoms with E-state index in [2.05, 4.69) is 10.3 Å². The number of hydrogen-bond acceptors (Lipinski definition) is 4. The molecule has 1 aromatic heterocycles. The largest absolute Gasteiger partial charge is 0.466 e. The van der Waals surface area contributed by atoms with Crippen LogP contribution in [0.5, 0.6) is 0 Å². The minimum atomic E-state index is -0.226. The molecule has 90 valence electrons. The lowest BCUT2D eigenvalue weighted by molar-refractivity contribution is -0.141. The molecule has 0 N–H and O–H groups in total. The Morgan fingerprint density at radius 1 is 1.35 bits per heavy atom. The summed E-state index contributed by atoms with van der Waals surface area (Å²) >= 11 is 0. The van der Waals surface area contributed by atoms with Gasteiger partial charge in [0.25, 0.3) is 0 Å². The predicted molar refractivity (Wildman–Crippen MR) is 63.4 cm³/mol. The summed E-state index contributed by atoms with van der Waals surface area (Å²) in [6, 6.07) is 7.86. The molecule has 0 unspecified atom stereocenters.